The minimum absolute atomic E-state index is 0.136. The maximum absolute atomic E-state index is 11.0. The Hall–Kier alpha value is -2.05. The Morgan fingerprint density at radius 2 is 2.11 bits per heavy atom. The molecule has 0 bridgehead atoms. The van der Waals surface area contributed by atoms with E-state index >= 15 is 0 Å². The minimum atomic E-state index is -0.685. The highest BCUT2D eigenvalue weighted by Crippen LogP contribution is 2.16. The monoisotopic (exact) mass is 266 g/mol. The average Bonchev–Trinajstić information content (AvgIpc) is 2.44. The van der Waals surface area contributed by atoms with E-state index in [2.05, 4.69) is 16.6 Å². The lowest BCUT2D eigenvalue weighted by Crippen LogP contribution is -2.26. The van der Waals surface area contributed by atoms with Crippen LogP contribution in [0.1, 0.15) is 5.56 Å². The first-order chi connectivity index (χ1) is 9.06. The Morgan fingerprint density at radius 3 is 2.63 bits per heavy atom. The van der Waals surface area contributed by atoms with Crippen LogP contribution in [0.15, 0.2) is 30.8 Å². The number of hydrogen-bond donors (Lipinski definition) is 3. The number of aliphatic hydroxyl groups is 1. The van der Waals surface area contributed by atoms with Gasteiger partial charge in [0, 0.05) is 12.2 Å². The molecule has 0 radical (unpaired) electrons. The summed E-state index contributed by atoms with van der Waals surface area (Å²) in [6, 6.07) is 6.90. The van der Waals surface area contributed by atoms with Crippen molar-refractivity contribution in [1.29, 1.82) is 0 Å². The van der Waals surface area contributed by atoms with Crippen LogP contribution in [0.4, 0.5) is 4.79 Å². The molecule has 1 aromatic carbocycles. The van der Waals surface area contributed by atoms with Crippen LogP contribution in [-0.4, -0.2) is 37.6 Å². The number of nitrogens with two attached hydrogens (primary N) is 1. The summed E-state index contributed by atoms with van der Waals surface area (Å²) in [6.07, 6.45) is -1.26. The van der Waals surface area contributed by atoms with Crippen LogP contribution in [0, 0.1) is 0 Å². The van der Waals surface area contributed by atoms with Crippen LogP contribution in [0.25, 0.3) is 5.70 Å². The lowest BCUT2D eigenvalue weighted by molar-refractivity contribution is 0.114. The standard InChI is InChI=1S/C13H18N2O4/c1-9(15-13(17)18-2)10-3-5-12(6-4-10)19-8-11(16)7-14/h3-6,11,16H,1,7-8,14H2,2H3,(H,15,17). The zero-order valence-electron chi connectivity index (χ0n) is 10.8. The summed E-state index contributed by atoms with van der Waals surface area (Å²) in [5, 5.41) is 11.7. The molecule has 0 aliphatic carbocycles. The van der Waals surface area contributed by atoms with Gasteiger partial charge in [-0.25, -0.2) is 4.79 Å². The molecule has 1 amide bonds. The van der Waals surface area contributed by atoms with Crippen molar-refractivity contribution < 1.29 is 19.4 Å². The van der Waals surface area contributed by atoms with Gasteiger partial charge in [0.05, 0.1) is 7.11 Å². The number of aliphatic hydroxyl groups excluding tert-OH is 1. The van der Waals surface area contributed by atoms with Gasteiger partial charge in [-0.05, 0) is 29.8 Å². The van der Waals surface area contributed by atoms with Crippen molar-refractivity contribution in [2.45, 2.75) is 6.10 Å². The van der Waals surface area contributed by atoms with Crippen molar-refractivity contribution in [3.8, 4) is 5.75 Å². The van der Waals surface area contributed by atoms with Gasteiger partial charge in [-0.2, -0.15) is 0 Å². The summed E-state index contributed by atoms with van der Waals surface area (Å²) in [5.41, 5.74) is 6.43. The summed E-state index contributed by atoms with van der Waals surface area (Å²) in [4.78, 5) is 11.0. The molecule has 0 saturated heterocycles. The highest BCUT2D eigenvalue weighted by molar-refractivity contribution is 5.80. The van der Waals surface area contributed by atoms with Crippen LogP contribution >= 0.6 is 0 Å². The largest absolute Gasteiger partial charge is 0.491 e. The van der Waals surface area contributed by atoms with Crippen LogP contribution in [0.3, 0.4) is 0 Å². The fraction of sp³-hybridized carbons (Fsp3) is 0.308. The van der Waals surface area contributed by atoms with E-state index in [0.29, 0.717) is 11.4 Å². The molecule has 1 atom stereocenters. The van der Waals surface area contributed by atoms with Gasteiger partial charge in [0.2, 0.25) is 0 Å². The van der Waals surface area contributed by atoms with Crippen LogP contribution < -0.4 is 15.8 Å². The number of carbonyl (C=O) groups is 1. The molecule has 4 N–H and O–H groups in total. The fourth-order valence-electron chi connectivity index (χ4n) is 1.26. The summed E-state index contributed by atoms with van der Waals surface area (Å²) in [6.45, 7) is 4.01. The maximum Gasteiger partial charge on any atom is 0.411 e. The third-order valence-electron chi connectivity index (χ3n) is 2.36. The van der Waals surface area contributed by atoms with E-state index in [4.69, 9.17) is 10.5 Å². The molecule has 1 unspecified atom stereocenters. The molecule has 1 rings (SSSR count). The molecular weight excluding hydrogens is 248 g/mol. The maximum atomic E-state index is 11.0. The van der Waals surface area contributed by atoms with Crippen molar-refractivity contribution in [3.05, 3.63) is 36.4 Å². The second-order valence-electron chi connectivity index (χ2n) is 3.82. The van der Waals surface area contributed by atoms with Crippen LogP contribution in [-0.2, 0) is 4.74 Å². The molecular formula is C13H18N2O4. The lowest BCUT2D eigenvalue weighted by Gasteiger charge is -2.11. The van der Waals surface area contributed by atoms with E-state index in [0.717, 1.165) is 5.56 Å². The fourth-order valence-corrected chi connectivity index (χ4v) is 1.26. The minimum Gasteiger partial charge on any atom is -0.491 e. The van der Waals surface area contributed by atoms with Crippen molar-refractivity contribution in [3.63, 3.8) is 0 Å². The van der Waals surface area contributed by atoms with Gasteiger partial charge in [0.25, 0.3) is 0 Å². The van der Waals surface area contributed by atoms with Gasteiger partial charge in [-0.3, -0.25) is 5.32 Å². The predicted octanol–water partition coefficient (Wildman–Crippen LogP) is 0.712. The third-order valence-corrected chi connectivity index (χ3v) is 2.36. The average molecular weight is 266 g/mol. The summed E-state index contributed by atoms with van der Waals surface area (Å²) < 4.78 is 9.79. The molecule has 0 aliphatic rings. The Labute approximate surface area is 111 Å². The third kappa shape index (κ3) is 4.99. The molecule has 0 heterocycles. The molecule has 0 aliphatic heterocycles. The molecule has 6 heteroatoms. The number of nitrogens with one attached hydrogen (secondary N) is 1. The molecule has 0 spiro atoms. The number of carbonyl (C=O) groups excluding carboxylic acids is 1. The summed E-state index contributed by atoms with van der Waals surface area (Å²) in [7, 11) is 1.28. The van der Waals surface area contributed by atoms with Crippen LogP contribution in [0.5, 0.6) is 5.75 Å². The Kier molecular flexibility index (Phi) is 5.84. The predicted molar refractivity (Wildman–Crippen MR) is 71.6 cm³/mol. The molecule has 104 valence electrons. The van der Waals surface area contributed by atoms with E-state index < -0.39 is 12.2 Å². The summed E-state index contributed by atoms with van der Waals surface area (Å²) >= 11 is 0. The van der Waals surface area contributed by atoms with Gasteiger partial charge in [-0.15, -0.1) is 0 Å². The Morgan fingerprint density at radius 1 is 1.47 bits per heavy atom. The van der Waals surface area contributed by atoms with E-state index in [1.54, 1.807) is 24.3 Å². The van der Waals surface area contributed by atoms with E-state index in [9.17, 15) is 9.90 Å². The molecule has 0 aromatic heterocycles. The first kappa shape index (κ1) is 15.0. The highest BCUT2D eigenvalue weighted by atomic mass is 16.5. The number of benzene rings is 1. The van der Waals surface area contributed by atoms with E-state index in [1.807, 2.05) is 0 Å². The second-order valence-corrected chi connectivity index (χ2v) is 3.82. The van der Waals surface area contributed by atoms with Gasteiger partial charge in [0.15, 0.2) is 0 Å². The number of methoxy groups -OCH3 is 1. The van der Waals surface area contributed by atoms with E-state index in [-0.39, 0.29) is 13.2 Å². The zero-order chi connectivity index (χ0) is 14.3. The number of ether oxygens (including phenoxy) is 2. The highest BCUT2D eigenvalue weighted by Gasteiger charge is 2.05. The van der Waals surface area contributed by atoms with Gasteiger partial charge < -0.3 is 20.3 Å². The molecule has 6 nitrogen and oxygen atoms in total. The Bertz CT molecular complexity index is 431. The first-order valence-corrected chi connectivity index (χ1v) is 5.72. The molecule has 19 heavy (non-hydrogen) atoms. The second kappa shape index (κ2) is 7.40. The zero-order valence-corrected chi connectivity index (χ0v) is 10.8. The summed E-state index contributed by atoms with van der Waals surface area (Å²) in [5.74, 6) is 0.599. The molecule has 0 saturated carbocycles. The first-order valence-electron chi connectivity index (χ1n) is 5.72. The van der Waals surface area contributed by atoms with Gasteiger partial charge in [-0.1, -0.05) is 6.58 Å². The quantitative estimate of drug-likeness (QED) is 0.705. The van der Waals surface area contributed by atoms with Crippen LogP contribution in [0.2, 0.25) is 0 Å². The normalized spacial score (nSPS) is 11.5. The SMILES string of the molecule is C=C(NC(=O)OC)c1ccc(OCC(O)CN)cc1. The molecule has 1 aromatic rings. The van der Waals surface area contributed by atoms with Gasteiger partial charge in [0.1, 0.15) is 18.5 Å². The number of amides is 1. The van der Waals surface area contributed by atoms with Crippen molar-refractivity contribution in [2.75, 3.05) is 20.3 Å². The number of hydrogen-bond acceptors (Lipinski definition) is 5. The van der Waals surface area contributed by atoms with E-state index in [1.165, 1.54) is 7.11 Å². The smallest absolute Gasteiger partial charge is 0.411 e. The van der Waals surface area contributed by atoms with Crippen molar-refractivity contribution >= 4 is 11.8 Å². The number of rotatable bonds is 6. The lowest BCUT2D eigenvalue weighted by atomic mass is 10.1. The Balaban J connectivity index is 2.56. The number of alkyl carbamates (subject to hydrolysis) is 1. The molecule has 0 fully saturated rings. The van der Waals surface area contributed by atoms with Crippen molar-refractivity contribution in [1.82, 2.24) is 5.32 Å². The van der Waals surface area contributed by atoms with Gasteiger partial charge >= 0.3 is 6.09 Å². The topological polar surface area (TPSA) is 93.8 Å². The van der Waals surface area contributed by atoms with Crippen molar-refractivity contribution in [2.24, 2.45) is 5.73 Å².